The van der Waals surface area contributed by atoms with E-state index in [4.69, 9.17) is 0 Å². The average Bonchev–Trinajstić information content (AvgIpc) is 2.88. The maximum absolute atomic E-state index is 12.6. The maximum atomic E-state index is 12.6. The summed E-state index contributed by atoms with van der Waals surface area (Å²) in [7, 11) is 1.91. The van der Waals surface area contributed by atoms with E-state index in [0.717, 1.165) is 6.42 Å². The second-order valence-electron chi connectivity index (χ2n) is 5.38. The van der Waals surface area contributed by atoms with E-state index in [9.17, 15) is 13.2 Å². The summed E-state index contributed by atoms with van der Waals surface area (Å²) < 4.78 is 37.9. The minimum Gasteiger partial charge on any atom is -0.316 e. The number of rotatable bonds is 4. The van der Waals surface area contributed by atoms with Crippen LogP contribution in [0, 0.1) is 11.8 Å². The lowest BCUT2D eigenvalue weighted by atomic mass is 9.77. The van der Waals surface area contributed by atoms with Crippen molar-refractivity contribution in [1.82, 2.24) is 5.32 Å². The van der Waals surface area contributed by atoms with Gasteiger partial charge in [-0.25, -0.2) is 0 Å². The molecule has 19 heavy (non-hydrogen) atoms. The fraction of sp³-hybridized carbons (Fsp3) is 0.714. The van der Waals surface area contributed by atoms with Gasteiger partial charge in [0.2, 0.25) is 0 Å². The molecule has 0 spiro atoms. The SMILES string of the molecule is CNC(Cc1ccsc1)C1CCC(C(F)(F)F)CC1. The largest absolute Gasteiger partial charge is 0.391 e. The number of hydrogen-bond donors (Lipinski definition) is 1. The Morgan fingerprint density at radius 1 is 1.32 bits per heavy atom. The second-order valence-corrected chi connectivity index (χ2v) is 6.16. The molecule has 1 unspecified atom stereocenters. The molecule has 1 fully saturated rings. The highest BCUT2D eigenvalue weighted by Gasteiger charge is 2.42. The first kappa shape index (κ1) is 14.9. The van der Waals surface area contributed by atoms with Gasteiger partial charge in [-0.05, 0) is 67.5 Å². The summed E-state index contributed by atoms with van der Waals surface area (Å²) in [5.41, 5.74) is 1.28. The fourth-order valence-corrected chi connectivity index (χ4v) is 3.70. The van der Waals surface area contributed by atoms with Gasteiger partial charge in [-0.3, -0.25) is 0 Å². The monoisotopic (exact) mass is 291 g/mol. The van der Waals surface area contributed by atoms with Crippen molar-refractivity contribution in [3.8, 4) is 0 Å². The van der Waals surface area contributed by atoms with Gasteiger partial charge >= 0.3 is 6.18 Å². The molecule has 1 nitrogen and oxygen atoms in total. The molecule has 5 heteroatoms. The van der Waals surface area contributed by atoms with Crippen molar-refractivity contribution < 1.29 is 13.2 Å². The van der Waals surface area contributed by atoms with Crippen molar-refractivity contribution in [1.29, 1.82) is 0 Å². The number of alkyl halides is 3. The van der Waals surface area contributed by atoms with E-state index in [0.29, 0.717) is 24.8 Å². The van der Waals surface area contributed by atoms with Crippen LogP contribution < -0.4 is 5.32 Å². The summed E-state index contributed by atoms with van der Waals surface area (Å²) in [6.45, 7) is 0. The van der Waals surface area contributed by atoms with Crippen LogP contribution in [0.2, 0.25) is 0 Å². The number of nitrogens with one attached hydrogen (secondary N) is 1. The predicted octanol–water partition coefficient (Wildman–Crippen LogP) is 4.25. The molecule has 0 bridgehead atoms. The lowest BCUT2D eigenvalue weighted by Crippen LogP contribution is -2.39. The third-order valence-electron chi connectivity index (χ3n) is 4.21. The Kier molecular flexibility index (Phi) is 4.90. The molecule has 1 aliphatic carbocycles. The Balaban J connectivity index is 1.88. The van der Waals surface area contributed by atoms with Crippen molar-refractivity contribution >= 4 is 11.3 Å². The van der Waals surface area contributed by atoms with Crippen LogP contribution in [-0.4, -0.2) is 19.3 Å². The van der Waals surface area contributed by atoms with E-state index in [2.05, 4.69) is 16.8 Å². The van der Waals surface area contributed by atoms with E-state index >= 15 is 0 Å². The molecule has 0 aliphatic heterocycles. The van der Waals surface area contributed by atoms with Gasteiger partial charge in [0.15, 0.2) is 0 Å². The van der Waals surface area contributed by atoms with Gasteiger partial charge in [0.25, 0.3) is 0 Å². The molecule has 108 valence electrons. The van der Waals surface area contributed by atoms with Gasteiger partial charge in [0.1, 0.15) is 0 Å². The number of hydrogen-bond acceptors (Lipinski definition) is 2. The van der Waals surface area contributed by atoms with Crippen LogP contribution in [0.5, 0.6) is 0 Å². The first-order chi connectivity index (χ1) is 9.00. The van der Waals surface area contributed by atoms with Crippen molar-refractivity contribution in [3.63, 3.8) is 0 Å². The zero-order valence-electron chi connectivity index (χ0n) is 11.0. The van der Waals surface area contributed by atoms with Crippen LogP contribution in [0.15, 0.2) is 16.8 Å². The smallest absolute Gasteiger partial charge is 0.316 e. The van der Waals surface area contributed by atoms with E-state index in [1.165, 1.54) is 5.56 Å². The Bertz CT molecular complexity index is 367. The zero-order valence-corrected chi connectivity index (χ0v) is 11.9. The molecule has 0 aromatic carbocycles. The molecule has 1 aromatic rings. The van der Waals surface area contributed by atoms with Crippen LogP contribution in [0.3, 0.4) is 0 Å². The Morgan fingerprint density at radius 2 is 2.00 bits per heavy atom. The molecule has 1 atom stereocenters. The minimum atomic E-state index is -4.01. The van der Waals surface area contributed by atoms with E-state index < -0.39 is 12.1 Å². The van der Waals surface area contributed by atoms with Gasteiger partial charge in [-0.2, -0.15) is 24.5 Å². The molecular formula is C14H20F3NS. The first-order valence-corrected chi connectivity index (χ1v) is 7.70. The Morgan fingerprint density at radius 3 is 2.47 bits per heavy atom. The van der Waals surface area contributed by atoms with Crippen LogP contribution in [0.4, 0.5) is 13.2 Å². The lowest BCUT2D eigenvalue weighted by molar-refractivity contribution is -0.184. The summed E-state index contributed by atoms with van der Waals surface area (Å²) in [6, 6.07) is 2.39. The van der Waals surface area contributed by atoms with Crippen LogP contribution in [0.1, 0.15) is 31.2 Å². The van der Waals surface area contributed by atoms with Crippen molar-refractivity contribution in [2.24, 2.45) is 11.8 Å². The summed E-state index contributed by atoms with van der Waals surface area (Å²) in [5.74, 6) is -0.717. The number of thiophene rings is 1. The molecule has 0 radical (unpaired) electrons. The summed E-state index contributed by atoms with van der Waals surface area (Å²) in [5, 5.41) is 7.45. The number of likely N-dealkylation sites (N-methyl/N-ethyl adjacent to an activating group) is 1. The zero-order chi connectivity index (χ0) is 13.9. The van der Waals surface area contributed by atoms with Gasteiger partial charge in [-0.1, -0.05) is 0 Å². The minimum absolute atomic E-state index is 0.288. The topological polar surface area (TPSA) is 12.0 Å². The van der Waals surface area contributed by atoms with Gasteiger partial charge in [0, 0.05) is 6.04 Å². The van der Waals surface area contributed by atoms with Crippen LogP contribution >= 0.6 is 11.3 Å². The van der Waals surface area contributed by atoms with E-state index in [-0.39, 0.29) is 12.8 Å². The first-order valence-electron chi connectivity index (χ1n) is 6.75. The standard InChI is InChI=1S/C14H20F3NS/c1-18-13(8-10-6-7-19-9-10)11-2-4-12(5-3-11)14(15,16)17/h6-7,9,11-13,18H,2-5,8H2,1H3. The second kappa shape index (κ2) is 6.27. The fourth-order valence-electron chi connectivity index (χ4n) is 3.02. The summed E-state index contributed by atoms with van der Waals surface area (Å²) >= 11 is 1.67. The highest BCUT2D eigenvalue weighted by Crippen LogP contribution is 2.40. The predicted molar refractivity (Wildman–Crippen MR) is 72.4 cm³/mol. The molecule has 2 rings (SSSR count). The molecular weight excluding hydrogens is 271 g/mol. The third kappa shape index (κ3) is 3.96. The average molecular weight is 291 g/mol. The van der Waals surface area contributed by atoms with Crippen LogP contribution in [-0.2, 0) is 6.42 Å². The Labute approximate surface area is 116 Å². The van der Waals surface area contributed by atoms with E-state index in [1.807, 2.05) is 12.4 Å². The van der Waals surface area contributed by atoms with Crippen molar-refractivity contribution in [3.05, 3.63) is 22.4 Å². The van der Waals surface area contributed by atoms with Crippen LogP contribution in [0.25, 0.3) is 0 Å². The third-order valence-corrected chi connectivity index (χ3v) is 4.94. The lowest BCUT2D eigenvalue weighted by Gasteiger charge is -2.34. The van der Waals surface area contributed by atoms with Crippen molar-refractivity contribution in [2.75, 3.05) is 7.05 Å². The molecule has 1 aromatic heterocycles. The molecule has 0 amide bonds. The van der Waals surface area contributed by atoms with Gasteiger partial charge in [0.05, 0.1) is 5.92 Å². The molecule has 1 heterocycles. The Hall–Kier alpha value is -0.550. The van der Waals surface area contributed by atoms with Gasteiger partial charge in [-0.15, -0.1) is 0 Å². The maximum Gasteiger partial charge on any atom is 0.391 e. The molecule has 1 N–H and O–H groups in total. The normalized spacial score (nSPS) is 26.3. The molecule has 0 saturated heterocycles. The van der Waals surface area contributed by atoms with Gasteiger partial charge < -0.3 is 5.32 Å². The van der Waals surface area contributed by atoms with Crippen molar-refractivity contribution in [2.45, 2.75) is 44.3 Å². The molecule has 1 aliphatic rings. The summed E-state index contributed by atoms with van der Waals surface area (Å²) in [4.78, 5) is 0. The highest BCUT2D eigenvalue weighted by molar-refractivity contribution is 7.07. The summed E-state index contributed by atoms with van der Waals surface area (Å²) in [6.07, 6.45) is -1.15. The number of halogens is 3. The highest BCUT2D eigenvalue weighted by atomic mass is 32.1. The van der Waals surface area contributed by atoms with E-state index in [1.54, 1.807) is 11.3 Å². The molecule has 1 saturated carbocycles. The quantitative estimate of drug-likeness (QED) is 0.874.